The van der Waals surface area contributed by atoms with Gasteiger partial charge in [0.25, 0.3) is 18.2 Å². The predicted octanol–water partition coefficient (Wildman–Crippen LogP) is 4.47. The first-order valence-corrected chi connectivity index (χ1v) is 14.1. The molecule has 0 spiro atoms. The fourth-order valence-electron chi connectivity index (χ4n) is 4.60. The number of alkyl halides is 4. The van der Waals surface area contributed by atoms with E-state index in [1.54, 1.807) is 0 Å². The summed E-state index contributed by atoms with van der Waals surface area (Å²) in [5.41, 5.74) is 0.108. The number of hydrogen-bond donors (Lipinski definition) is 2. The number of ether oxygens (including phenoxy) is 2. The number of carbonyl (C=O) groups excluding carboxylic acids is 3. The zero-order valence-electron chi connectivity index (χ0n) is 21.8. The fraction of sp³-hybridized carbons (Fsp3) is 0.500. The molecule has 1 aliphatic heterocycles. The van der Waals surface area contributed by atoms with Gasteiger partial charge in [0.1, 0.15) is 12.6 Å². The molecule has 2 N–H and O–H groups in total. The molecule has 1 atom stereocenters. The van der Waals surface area contributed by atoms with Gasteiger partial charge < -0.3 is 25.0 Å². The minimum atomic E-state index is -3.25. The molecule has 2 aromatic rings. The summed E-state index contributed by atoms with van der Waals surface area (Å²) in [5.74, 6) is -2.03. The van der Waals surface area contributed by atoms with E-state index in [0.717, 1.165) is 30.6 Å². The van der Waals surface area contributed by atoms with E-state index in [0.29, 0.717) is 4.34 Å². The summed E-state index contributed by atoms with van der Waals surface area (Å²) in [6.45, 7) is -3.83. The van der Waals surface area contributed by atoms with Crippen LogP contribution in [0.5, 0.6) is 5.75 Å². The molecule has 1 saturated heterocycles. The van der Waals surface area contributed by atoms with Gasteiger partial charge >= 0.3 is 6.61 Å². The van der Waals surface area contributed by atoms with Gasteiger partial charge in [-0.2, -0.15) is 8.78 Å². The number of nitrogens with one attached hydrogen (secondary N) is 2. The molecule has 4 rings (SSSR count). The minimum absolute atomic E-state index is 0.110. The second-order valence-corrected chi connectivity index (χ2v) is 11.3. The van der Waals surface area contributed by atoms with Crippen LogP contribution in [-0.4, -0.2) is 81.1 Å². The normalized spacial score (nSPS) is 16.7. The van der Waals surface area contributed by atoms with Gasteiger partial charge in [-0.3, -0.25) is 19.3 Å². The highest BCUT2D eigenvalue weighted by Crippen LogP contribution is 2.33. The van der Waals surface area contributed by atoms with Crippen molar-refractivity contribution in [2.45, 2.75) is 38.3 Å². The van der Waals surface area contributed by atoms with Crippen LogP contribution in [0.4, 0.5) is 28.9 Å². The molecule has 0 unspecified atom stereocenters. The van der Waals surface area contributed by atoms with Gasteiger partial charge in [-0.25, -0.2) is 8.78 Å². The minimum Gasteiger partial charge on any atom is -0.433 e. The van der Waals surface area contributed by atoms with Gasteiger partial charge in [0.05, 0.1) is 28.1 Å². The van der Waals surface area contributed by atoms with Gasteiger partial charge in [-0.05, 0) is 43.0 Å². The van der Waals surface area contributed by atoms with Crippen LogP contribution in [0.2, 0.25) is 4.34 Å². The van der Waals surface area contributed by atoms with E-state index in [1.165, 1.54) is 40.1 Å². The summed E-state index contributed by atoms with van der Waals surface area (Å²) in [6, 6.07) is 5.69. The molecule has 0 radical (unpaired) electrons. The topological polar surface area (TPSA) is 100 Å². The van der Waals surface area contributed by atoms with Crippen LogP contribution in [0.1, 0.15) is 28.9 Å². The summed E-state index contributed by atoms with van der Waals surface area (Å²) in [4.78, 5) is 41.4. The number of benzene rings is 1. The zero-order valence-corrected chi connectivity index (χ0v) is 23.4. The van der Waals surface area contributed by atoms with Crippen LogP contribution in [-0.2, 0) is 14.3 Å². The maximum Gasteiger partial charge on any atom is 0.387 e. The maximum atomic E-state index is 13.6. The number of rotatable bonds is 13. The van der Waals surface area contributed by atoms with Crippen molar-refractivity contribution in [3.63, 3.8) is 0 Å². The number of morpholine rings is 1. The van der Waals surface area contributed by atoms with Crippen LogP contribution in [0.3, 0.4) is 0 Å². The summed E-state index contributed by atoms with van der Waals surface area (Å²) in [6.07, 6.45) is -0.170. The molecule has 9 nitrogen and oxygen atoms in total. The van der Waals surface area contributed by atoms with Crippen molar-refractivity contribution in [2.24, 2.45) is 5.92 Å². The highest BCUT2D eigenvalue weighted by atomic mass is 35.5. The Hall–Kier alpha value is -2.94. The second-order valence-electron chi connectivity index (χ2n) is 9.62. The summed E-state index contributed by atoms with van der Waals surface area (Å²) >= 11 is 6.92. The Morgan fingerprint density at radius 2 is 1.98 bits per heavy atom. The Labute approximate surface area is 242 Å². The summed E-state index contributed by atoms with van der Waals surface area (Å²) in [7, 11) is 0. The molecule has 2 fully saturated rings. The highest BCUT2D eigenvalue weighted by Gasteiger charge is 2.33. The monoisotopic (exact) mass is 620 g/mol. The third-order valence-corrected chi connectivity index (χ3v) is 8.05. The van der Waals surface area contributed by atoms with Gasteiger partial charge in [0, 0.05) is 31.4 Å². The molecule has 1 saturated carbocycles. The Balaban J connectivity index is 1.58. The van der Waals surface area contributed by atoms with E-state index < -0.39 is 43.2 Å². The van der Waals surface area contributed by atoms with Crippen molar-refractivity contribution < 1.29 is 41.4 Å². The van der Waals surface area contributed by atoms with E-state index in [4.69, 9.17) is 16.3 Å². The number of anilines is 2. The largest absolute Gasteiger partial charge is 0.433 e. The van der Waals surface area contributed by atoms with Crippen molar-refractivity contribution >= 4 is 52.0 Å². The van der Waals surface area contributed by atoms with Crippen LogP contribution in [0, 0.1) is 5.92 Å². The Bertz CT molecular complexity index is 1230. The maximum absolute atomic E-state index is 13.6. The molecule has 1 aromatic heterocycles. The van der Waals surface area contributed by atoms with E-state index >= 15 is 0 Å². The van der Waals surface area contributed by atoms with Crippen LogP contribution in [0.25, 0.3) is 0 Å². The third-order valence-electron chi connectivity index (χ3n) is 6.82. The number of carbonyl (C=O) groups is 3. The molecule has 15 heteroatoms. The molecular weight excluding hydrogens is 592 g/mol. The molecule has 0 bridgehead atoms. The molecule has 1 aromatic carbocycles. The standard InChI is InChI=1S/C26H29ClF4N4O5S/c27-21-7-6-20(41-21)25(38)32-11-18(34(13-22(28)29)12-15-2-1-3-15)24(37)33-17-5-4-16(10-19(17)40-26(30)31)35-8-9-39-14-23(35)36/h4-7,10,15,18,22,26H,1-3,8-9,11-14H2,(H,32,38)(H,33,37)/t18-/m1/s1. The van der Waals surface area contributed by atoms with E-state index in [9.17, 15) is 31.9 Å². The van der Waals surface area contributed by atoms with Crippen LogP contribution >= 0.6 is 22.9 Å². The van der Waals surface area contributed by atoms with Crippen molar-refractivity contribution in [1.29, 1.82) is 0 Å². The van der Waals surface area contributed by atoms with E-state index in [2.05, 4.69) is 15.4 Å². The molecule has 1 aliphatic carbocycles. The van der Waals surface area contributed by atoms with Crippen molar-refractivity contribution in [3.8, 4) is 5.75 Å². The smallest absolute Gasteiger partial charge is 0.387 e. The third kappa shape index (κ3) is 8.53. The van der Waals surface area contributed by atoms with Gasteiger partial charge in [0.2, 0.25) is 5.91 Å². The zero-order chi connectivity index (χ0) is 29.5. The second kappa shape index (κ2) is 14.3. The van der Waals surface area contributed by atoms with Crippen molar-refractivity contribution in [1.82, 2.24) is 10.2 Å². The molecule has 2 heterocycles. The van der Waals surface area contributed by atoms with Crippen molar-refractivity contribution in [2.75, 3.05) is 49.6 Å². The lowest BCUT2D eigenvalue weighted by Gasteiger charge is -2.36. The lowest BCUT2D eigenvalue weighted by molar-refractivity contribution is -0.125. The number of thiophene rings is 1. The molecule has 224 valence electrons. The number of hydrogen-bond acceptors (Lipinski definition) is 7. The number of halogens is 5. The highest BCUT2D eigenvalue weighted by molar-refractivity contribution is 7.18. The van der Waals surface area contributed by atoms with Crippen LogP contribution in [0.15, 0.2) is 30.3 Å². The SMILES string of the molecule is O=C(NC[C@H](C(=O)Nc1ccc(N2CCOCC2=O)cc1OC(F)F)N(CC(F)F)CC1CCC1)c1ccc(Cl)s1. The quantitative estimate of drug-likeness (QED) is 0.321. The molecule has 2 aliphatic rings. The van der Waals surface area contributed by atoms with Crippen LogP contribution < -0.4 is 20.3 Å². The molecule has 3 amide bonds. The lowest BCUT2D eigenvalue weighted by atomic mass is 9.85. The Kier molecular flexibility index (Phi) is 10.8. The fourth-order valence-corrected chi connectivity index (χ4v) is 5.56. The number of nitrogens with zero attached hydrogens (tertiary/aromatic N) is 2. The number of amides is 3. The average Bonchev–Trinajstić information content (AvgIpc) is 3.33. The summed E-state index contributed by atoms with van der Waals surface area (Å²) < 4.78 is 63.9. The Morgan fingerprint density at radius 3 is 2.59 bits per heavy atom. The first-order valence-electron chi connectivity index (χ1n) is 12.9. The Morgan fingerprint density at radius 1 is 1.20 bits per heavy atom. The first kappa shape index (κ1) is 31.0. The molecular formula is C26H29ClF4N4O5S. The van der Waals surface area contributed by atoms with Gasteiger partial charge in [-0.1, -0.05) is 18.0 Å². The predicted molar refractivity (Wildman–Crippen MR) is 145 cm³/mol. The molecule has 41 heavy (non-hydrogen) atoms. The van der Waals surface area contributed by atoms with E-state index in [-0.39, 0.29) is 60.9 Å². The van der Waals surface area contributed by atoms with Gasteiger partial charge in [-0.15, -0.1) is 11.3 Å². The van der Waals surface area contributed by atoms with E-state index in [1.807, 2.05) is 0 Å². The average molecular weight is 621 g/mol. The summed E-state index contributed by atoms with van der Waals surface area (Å²) in [5, 5.41) is 5.11. The van der Waals surface area contributed by atoms with Crippen molar-refractivity contribution in [3.05, 3.63) is 39.5 Å². The lowest BCUT2D eigenvalue weighted by Crippen LogP contribution is -2.53. The van der Waals surface area contributed by atoms with Gasteiger partial charge in [0.15, 0.2) is 5.75 Å². The first-order chi connectivity index (χ1) is 19.6.